The zero-order valence-electron chi connectivity index (χ0n) is 8.85. The maximum Gasteiger partial charge on any atom is 0.256 e. The average Bonchev–Trinajstić information content (AvgIpc) is 2.18. The van der Waals surface area contributed by atoms with Gasteiger partial charge in [0.15, 0.2) is 0 Å². The zero-order chi connectivity index (χ0) is 10.6. The first-order chi connectivity index (χ1) is 6.64. The van der Waals surface area contributed by atoms with Crippen molar-refractivity contribution in [2.24, 2.45) is 0 Å². The first-order valence-corrected chi connectivity index (χ1v) is 5.29. The smallest absolute Gasteiger partial charge is 0.256 e. The van der Waals surface area contributed by atoms with E-state index in [1.54, 1.807) is 0 Å². The molecule has 1 aliphatic rings. The summed E-state index contributed by atoms with van der Waals surface area (Å²) in [6, 6.07) is 0. The molecule has 2 atom stereocenters. The highest BCUT2D eigenvalue weighted by Gasteiger charge is 2.43. The molecule has 0 bridgehead atoms. The van der Waals surface area contributed by atoms with Crippen LogP contribution in [0.25, 0.3) is 0 Å². The standard InChI is InChI=1S/C10H19F2NO/c1-3-8-7-10(9(11)12,13-4-2)5-6-14-8/h8-9,13H,3-7H2,1-2H3. The highest BCUT2D eigenvalue weighted by molar-refractivity contribution is 4.95. The van der Waals surface area contributed by atoms with Crippen LogP contribution in [0.5, 0.6) is 0 Å². The van der Waals surface area contributed by atoms with E-state index >= 15 is 0 Å². The van der Waals surface area contributed by atoms with Crippen LogP contribution in [-0.4, -0.2) is 31.2 Å². The SMILES string of the molecule is CCNC1(C(F)F)CCOC(CC)C1. The predicted octanol–water partition coefficient (Wildman–Crippen LogP) is 2.19. The third kappa shape index (κ3) is 2.42. The topological polar surface area (TPSA) is 21.3 Å². The van der Waals surface area contributed by atoms with Crippen LogP contribution < -0.4 is 5.32 Å². The number of nitrogens with one attached hydrogen (secondary N) is 1. The highest BCUT2D eigenvalue weighted by atomic mass is 19.3. The van der Waals surface area contributed by atoms with Gasteiger partial charge < -0.3 is 10.1 Å². The van der Waals surface area contributed by atoms with E-state index in [0.29, 0.717) is 26.0 Å². The molecule has 1 fully saturated rings. The third-order valence-corrected chi connectivity index (χ3v) is 2.90. The molecule has 84 valence electrons. The molecule has 1 aliphatic heterocycles. The summed E-state index contributed by atoms with van der Waals surface area (Å²) in [7, 11) is 0. The van der Waals surface area contributed by atoms with Crippen molar-refractivity contribution in [2.45, 2.75) is 51.2 Å². The van der Waals surface area contributed by atoms with Gasteiger partial charge in [-0.15, -0.1) is 0 Å². The number of hydrogen-bond donors (Lipinski definition) is 1. The number of halogens is 2. The van der Waals surface area contributed by atoms with Gasteiger partial charge in [-0.2, -0.15) is 0 Å². The summed E-state index contributed by atoms with van der Waals surface area (Å²) in [6.45, 7) is 4.86. The molecular formula is C10H19F2NO. The van der Waals surface area contributed by atoms with E-state index in [1.165, 1.54) is 0 Å². The Hall–Kier alpha value is -0.220. The second-order valence-electron chi connectivity index (χ2n) is 3.84. The fourth-order valence-electron chi connectivity index (χ4n) is 2.03. The van der Waals surface area contributed by atoms with Gasteiger partial charge in [-0.05, 0) is 25.8 Å². The maximum atomic E-state index is 13.0. The molecule has 0 aromatic carbocycles. The summed E-state index contributed by atoms with van der Waals surface area (Å²) in [5, 5.41) is 2.93. The van der Waals surface area contributed by atoms with Crippen molar-refractivity contribution in [3.8, 4) is 0 Å². The van der Waals surface area contributed by atoms with Gasteiger partial charge in [-0.25, -0.2) is 8.78 Å². The molecular weight excluding hydrogens is 188 g/mol. The molecule has 2 unspecified atom stereocenters. The molecule has 4 heteroatoms. The van der Waals surface area contributed by atoms with Crippen LogP contribution in [0.2, 0.25) is 0 Å². The summed E-state index contributed by atoms with van der Waals surface area (Å²) >= 11 is 0. The van der Waals surface area contributed by atoms with Gasteiger partial charge in [0.25, 0.3) is 6.43 Å². The van der Waals surface area contributed by atoms with Gasteiger partial charge in [0.2, 0.25) is 0 Å². The molecule has 0 saturated carbocycles. The van der Waals surface area contributed by atoms with Crippen molar-refractivity contribution in [1.82, 2.24) is 5.32 Å². The molecule has 2 nitrogen and oxygen atoms in total. The van der Waals surface area contributed by atoms with Crippen LogP contribution in [0.15, 0.2) is 0 Å². The van der Waals surface area contributed by atoms with E-state index in [2.05, 4.69) is 5.32 Å². The van der Waals surface area contributed by atoms with E-state index in [0.717, 1.165) is 6.42 Å². The lowest BCUT2D eigenvalue weighted by atomic mass is 9.86. The second-order valence-corrected chi connectivity index (χ2v) is 3.84. The number of rotatable bonds is 4. The molecule has 1 rings (SSSR count). The van der Waals surface area contributed by atoms with Crippen LogP contribution in [0, 0.1) is 0 Å². The Bertz CT molecular complexity index is 174. The first-order valence-electron chi connectivity index (χ1n) is 5.29. The Morgan fingerprint density at radius 2 is 2.21 bits per heavy atom. The largest absolute Gasteiger partial charge is 0.378 e. The minimum absolute atomic E-state index is 0.0169. The lowest BCUT2D eigenvalue weighted by Gasteiger charge is -2.40. The van der Waals surface area contributed by atoms with Crippen molar-refractivity contribution < 1.29 is 13.5 Å². The van der Waals surface area contributed by atoms with E-state index < -0.39 is 12.0 Å². The zero-order valence-corrected chi connectivity index (χ0v) is 8.85. The lowest BCUT2D eigenvalue weighted by molar-refractivity contribution is -0.0837. The van der Waals surface area contributed by atoms with E-state index in [9.17, 15) is 8.78 Å². The Labute approximate surface area is 84.0 Å². The van der Waals surface area contributed by atoms with E-state index in [4.69, 9.17) is 4.74 Å². The van der Waals surface area contributed by atoms with Crippen molar-refractivity contribution >= 4 is 0 Å². The highest BCUT2D eigenvalue weighted by Crippen LogP contribution is 2.31. The molecule has 0 aromatic rings. The Kier molecular flexibility index (Phi) is 4.26. The average molecular weight is 207 g/mol. The number of ether oxygens (including phenoxy) is 1. The van der Waals surface area contributed by atoms with Crippen LogP contribution in [-0.2, 0) is 4.74 Å². The van der Waals surface area contributed by atoms with Crippen LogP contribution in [0.4, 0.5) is 8.78 Å². The monoisotopic (exact) mass is 207 g/mol. The number of hydrogen-bond acceptors (Lipinski definition) is 2. The van der Waals surface area contributed by atoms with Gasteiger partial charge in [-0.1, -0.05) is 13.8 Å². The van der Waals surface area contributed by atoms with Gasteiger partial charge in [0.1, 0.15) is 0 Å². The van der Waals surface area contributed by atoms with Crippen LogP contribution in [0.3, 0.4) is 0 Å². The van der Waals surface area contributed by atoms with Gasteiger partial charge in [-0.3, -0.25) is 0 Å². The van der Waals surface area contributed by atoms with Gasteiger partial charge >= 0.3 is 0 Å². The van der Waals surface area contributed by atoms with Crippen molar-refractivity contribution in [3.63, 3.8) is 0 Å². The molecule has 0 aliphatic carbocycles. The molecule has 0 amide bonds. The van der Waals surface area contributed by atoms with E-state index in [1.807, 2.05) is 13.8 Å². The Morgan fingerprint density at radius 1 is 1.50 bits per heavy atom. The third-order valence-electron chi connectivity index (χ3n) is 2.90. The van der Waals surface area contributed by atoms with E-state index in [-0.39, 0.29) is 6.10 Å². The minimum atomic E-state index is -2.31. The summed E-state index contributed by atoms with van der Waals surface area (Å²) in [5.41, 5.74) is -1.01. The van der Waals surface area contributed by atoms with Crippen molar-refractivity contribution in [2.75, 3.05) is 13.2 Å². The van der Waals surface area contributed by atoms with Crippen LogP contribution >= 0.6 is 0 Å². The lowest BCUT2D eigenvalue weighted by Crippen LogP contribution is -2.56. The summed E-state index contributed by atoms with van der Waals surface area (Å²) in [4.78, 5) is 0. The summed E-state index contributed by atoms with van der Waals surface area (Å²) < 4.78 is 31.3. The summed E-state index contributed by atoms with van der Waals surface area (Å²) in [5.74, 6) is 0. The molecule has 14 heavy (non-hydrogen) atoms. The quantitative estimate of drug-likeness (QED) is 0.763. The molecule has 0 spiro atoms. The first kappa shape index (κ1) is 11.9. The predicted molar refractivity (Wildman–Crippen MR) is 51.7 cm³/mol. The fraction of sp³-hybridized carbons (Fsp3) is 1.00. The van der Waals surface area contributed by atoms with Crippen molar-refractivity contribution in [3.05, 3.63) is 0 Å². The molecule has 0 radical (unpaired) electrons. The Morgan fingerprint density at radius 3 is 2.71 bits per heavy atom. The van der Waals surface area contributed by atoms with Gasteiger partial charge in [0.05, 0.1) is 11.6 Å². The second kappa shape index (κ2) is 5.03. The molecule has 1 heterocycles. The fourth-order valence-corrected chi connectivity index (χ4v) is 2.03. The van der Waals surface area contributed by atoms with Gasteiger partial charge in [0, 0.05) is 6.61 Å². The Balaban J connectivity index is 2.65. The maximum absolute atomic E-state index is 13.0. The van der Waals surface area contributed by atoms with Crippen LogP contribution in [0.1, 0.15) is 33.1 Å². The molecule has 1 saturated heterocycles. The number of alkyl halides is 2. The summed E-state index contributed by atoms with van der Waals surface area (Å²) in [6.07, 6.45) is -0.679. The molecule has 1 N–H and O–H groups in total. The molecule has 0 aromatic heterocycles. The minimum Gasteiger partial charge on any atom is -0.378 e. The normalized spacial score (nSPS) is 33.6. The van der Waals surface area contributed by atoms with Crippen molar-refractivity contribution in [1.29, 1.82) is 0 Å².